The van der Waals surface area contributed by atoms with Crippen LogP contribution in [0.25, 0.3) is 0 Å². The Morgan fingerprint density at radius 3 is 1.82 bits per heavy atom. The van der Waals surface area contributed by atoms with Gasteiger partial charge >= 0.3 is 0 Å². The van der Waals surface area contributed by atoms with Crippen LogP contribution in [0.3, 0.4) is 0 Å². The lowest BCUT2D eigenvalue weighted by Crippen LogP contribution is -2.23. The van der Waals surface area contributed by atoms with Crippen LogP contribution < -0.4 is 24.3 Å². The minimum Gasteiger partial charge on any atom is -0.494 e. The molecule has 0 unspecified atom stereocenters. The van der Waals surface area contributed by atoms with Gasteiger partial charge in [-0.15, -0.1) is 0 Å². The van der Waals surface area contributed by atoms with Gasteiger partial charge in [-0.1, -0.05) is 12.1 Å². The lowest BCUT2D eigenvalue weighted by molar-refractivity contribution is 0.0949. The molecule has 0 radical (unpaired) electrons. The van der Waals surface area contributed by atoms with Crippen molar-refractivity contribution in [3.8, 4) is 23.0 Å². The molecule has 28 heavy (non-hydrogen) atoms. The van der Waals surface area contributed by atoms with Crippen LogP contribution in [0.1, 0.15) is 43.6 Å². The number of nitrogens with one attached hydrogen (secondary N) is 1. The summed E-state index contributed by atoms with van der Waals surface area (Å²) in [6.07, 6.45) is 0. The second-order valence-electron chi connectivity index (χ2n) is 5.86. The van der Waals surface area contributed by atoms with E-state index in [1.807, 2.05) is 52.0 Å². The van der Waals surface area contributed by atoms with E-state index in [1.165, 1.54) is 0 Å². The molecule has 6 nitrogen and oxygen atoms in total. The predicted octanol–water partition coefficient (Wildman–Crippen LogP) is 4.21. The van der Waals surface area contributed by atoms with Crippen LogP contribution in [0, 0.1) is 0 Å². The fraction of sp³-hybridized carbons (Fsp3) is 0.409. The molecule has 0 heterocycles. The highest BCUT2D eigenvalue weighted by Gasteiger charge is 2.18. The van der Waals surface area contributed by atoms with E-state index in [2.05, 4.69) is 5.32 Å². The Labute approximate surface area is 166 Å². The maximum Gasteiger partial charge on any atom is 0.251 e. The molecule has 1 N–H and O–H groups in total. The minimum atomic E-state index is -0.209. The van der Waals surface area contributed by atoms with E-state index in [1.54, 1.807) is 12.1 Å². The molecule has 0 aliphatic heterocycles. The van der Waals surface area contributed by atoms with Crippen LogP contribution in [-0.4, -0.2) is 32.3 Å². The largest absolute Gasteiger partial charge is 0.494 e. The predicted molar refractivity (Wildman–Crippen MR) is 109 cm³/mol. The molecule has 0 fully saturated rings. The lowest BCUT2D eigenvalue weighted by Gasteiger charge is -2.17. The zero-order chi connectivity index (χ0) is 20.4. The monoisotopic (exact) mass is 387 g/mol. The van der Waals surface area contributed by atoms with Gasteiger partial charge in [0.2, 0.25) is 5.75 Å². The van der Waals surface area contributed by atoms with Crippen LogP contribution >= 0.6 is 0 Å². The Balaban J connectivity index is 2.16. The van der Waals surface area contributed by atoms with Gasteiger partial charge in [0.1, 0.15) is 5.75 Å². The molecule has 2 aromatic rings. The third-order valence-electron chi connectivity index (χ3n) is 3.86. The van der Waals surface area contributed by atoms with Crippen LogP contribution in [-0.2, 0) is 6.54 Å². The maximum absolute atomic E-state index is 12.7. The topological polar surface area (TPSA) is 66.0 Å². The smallest absolute Gasteiger partial charge is 0.251 e. The number of hydrogen-bond donors (Lipinski definition) is 1. The summed E-state index contributed by atoms with van der Waals surface area (Å²) in [7, 11) is 0. The first kappa shape index (κ1) is 21.4. The molecular formula is C22H29NO5. The molecular weight excluding hydrogens is 358 g/mol. The molecule has 0 bridgehead atoms. The summed E-state index contributed by atoms with van der Waals surface area (Å²) in [6, 6.07) is 11.0. The van der Waals surface area contributed by atoms with Crippen molar-refractivity contribution >= 4 is 5.91 Å². The van der Waals surface area contributed by atoms with Crippen molar-refractivity contribution in [2.45, 2.75) is 34.2 Å². The first-order valence-corrected chi connectivity index (χ1v) is 9.69. The van der Waals surface area contributed by atoms with Crippen molar-refractivity contribution in [2.75, 3.05) is 26.4 Å². The molecule has 6 heteroatoms. The summed E-state index contributed by atoms with van der Waals surface area (Å²) in [5.74, 6) is 2.13. The lowest BCUT2D eigenvalue weighted by atomic mass is 10.1. The second-order valence-corrected chi connectivity index (χ2v) is 5.86. The zero-order valence-corrected chi connectivity index (χ0v) is 17.0. The molecule has 2 rings (SSSR count). The van der Waals surface area contributed by atoms with E-state index in [9.17, 15) is 4.79 Å². The van der Waals surface area contributed by atoms with Gasteiger partial charge in [-0.2, -0.15) is 0 Å². The average Bonchev–Trinajstić information content (AvgIpc) is 2.70. The van der Waals surface area contributed by atoms with Gasteiger partial charge in [-0.25, -0.2) is 0 Å². The van der Waals surface area contributed by atoms with Crippen LogP contribution in [0.2, 0.25) is 0 Å². The molecule has 0 aliphatic carbocycles. The Kier molecular flexibility index (Phi) is 8.46. The van der Waals surface area contributed by atoms with Crippen LogP contribution in [0.4, 0.5) is 0 Å². The van der Waals surface area contributed by atoms with E-state index in [0.717, 1.165) is 11.3 Å². The number of rotatable bonds is 11. The Morgan fingerprint density at radius 1 is 0.786 bits per heavy atom. The van der Waals surface area contributed by atoms with Crippen LogP contribution in [0.15, 0.2) is 36.4 Å². The van der Waals surface area contributed by atoms with E-state index >= 15 is 0 Å². The van der Waals surface area contributed by atoms with Crippen molar-refractivity contribution in [3.05, 3.63) is 47.5 Å². The van der Waals surface area contributed by atoms with Crippen molar-refractivity contribution in [1.82, 2.24) is 5.32 Å². The van der Waals surface area contributed by atoms with Crippen LogP contribution in [0.5, 0.6) is 23.0 Å². The number of carbonyl (C=O) groups is 1. The van der Waals surface area contributed by atoms with Gasteiger partial charge in [0.05, 0.1) is 26.4 Å². The SMILES string of the molecule is CCOc1ccc(CNC(=O)c2cc(OCC)c(OCC)c(OCC)c2)cc1. The number of amides is 1. The Morgan fingerprint density at radius 2 is 1.32 bits per heavy atom. The quantitative estimate of drug-likeness (QED) is 0.626. The molecule has 0 aromatic heterocycles. The summed E-state index contributed by atoms with van der Waals surface area (Å²) >= 11 is 0. The fourth-order valence-corrected chi connectivity index (χ4v) is 2.67. The number of carbonyl (C=O) groups excluding carboxylic acids is 1. The Hall–Kier alpha value is -2.89. The van der Waals surface area contributed by atoms with Gasteiger partial charge in [0, 0.05) is 12.1 Å². The Bertz CT molecular complexity index is 731. The minimum absolute atomic E-state index is 0.209. The standard InChI is InChI=1S/C22H29NO5/c1-5-25-18-11-9-16(10-12-18)15-23-22(24)17-13-19(26-6-2)21(28-8-4)20(14-17)27-7-3/h9-14H,5-8,15H2,1-4H3,(H,23,24). The molecule has 0 spiro atoms. The van der Waals surface area contributed by atoms with E-state index in [4.69, 9.17) is 18.9 Å². The number of benzene rings is 2. The highest BCUT2D eigenvalue weighted by atomic mass is 16.5. The van der Waals surface area contributed by atoms with E-state index < -0.39 is 0 Å². The zero-order valence-electron chi connectivity index (χ0n) is 17.0. The highest BCUT2D eigenvalue weighted by molar-refractivity contribution is 5.95. The normalized spacial score (nSPS) is 10.3. The van der Waals surface area contributed by atoms with E-state index in [0.29, 0.717) is 55.8 Å². The average molecular weight is 387 g/mol. The first-order chi connectivity index (χ1) is 13.6. The molecule has 152 valence electrons. The summed E-state index contributed by atoms with van der Waals surface area (Å²) < 4.78 is 22.4. The second kappa shape index (κ2) is 11.1. The van der Waals surface area contributed by atoms with Gasteiger partial charge in [-0.3, -0.25) is 4.79 Å². The fourth-order valence-electron chi connectivity index (χ4n) is 2.67. The molecule has 2 aromatic carbocycles. The third kappa shape index (κ3) is 5.81. The number of hydrogen-bond acceptors (Lipinski definition) is 5. The summed E-state index contributed by atoms with van der Waals surface area (Å²) in [5, 5.41) is 2.93. The highest BCUT2D eigenvalue weighted by Crippen LogP contribution is 2.39. The van der Waals surface area contributed by atoms with Crippen molar-refractivity contribution in [2.24, 2.45) is 0 Å². The molecule has 0 atom stereocenters. The van der Waals surface area contributed by atoms with E-state index in [-0.39, 0.29) is 5.91 Å². The summed E-state index contributed by atoms with van der Waals surface area (Å²) in [4.78, 5) is 12.7. The molecule has 0 saturated carbocycles. The van der Waals surface area contributed by atoms with Crippen molar-refractivity contribution < 1.29 is 23.7 Å². The summed E-state index contributed by atoms with van der Waals surface area (Å²) in [6.45, 7) is 10.0. The molecule has 0 aliphatic rings. The maximum atomic E-state index is 12.7. The van der Waals surface area contributed by atoms with Gasteiger partial charge in [0.25, 0.3) is 5.91 Å². The van der Waals surface area contributed by atoms with Gasteiger partial charge in [-0.05, 0) is 57.5 Å². The first-order valence-electron chi connectivity index (χ1n) is 9.69. The number of ether oxygens (including phenoxy) is 4. The third-order valence-corrected chi connectivity index (χ3v) is 3.86. The summed E-state index contributed by atoms with van der Waals surface area (Å²) in [5.41, 5.74) is 1.44. The molecule has 0 saturated heterocycles. The van der Waals surface area contributed by atoms with Crippen molar-refractivity contribution in [1.29, 1.82) is 0 Å². The van der Waals surface area contributed by atoms with Gasteiger partial charge < -0.3 is 24.3 Å². The van der Waals surface area contributed by atoms with Gasteiger partial charge in [0.15, 0.2) is 11.5 Å². The molecule has 1 amide bonds. The van der Waals surface area contributed by atoms with Crippen molar-refractivity contribution in [3.63, 3.8) is 0 Å².